The number of benzene rings is 2. The molecule has 0 saturated carbocycles. The third-order valence-corrected chi connectivity index (χ3v) is 4.13. The van der Waals surface area contributed by atoms with Crippen molar-refractivity contribution < 1.29 is 22.3 Å². The van der Waals surface area contributed by atoms with Crippen molar-refractivity contribution in [2.24, 2.45) is 5.14 Å². The number of nitrogens with one attached hydrogen (secondary N) is 1. The number of ether oxygens (including phenoxy) is 1. The van der Waals surface area contributed by atoms with Crippen LogP contribution in [0.3, 0.4) is 0 Å². The van der Waals surface area contributed by atoms with Gasteiger partial charge in [-0.25, -0.2) is 17.9 Å². The Morgan fingerprint density at radius 2 is 1.96 bits per heavy atom. The van der Waals surface area contributed by atoms with Crippen LogP contribution >= 0.6 is 11.6 Å². The van der Waals surface area contributed by atoms with E-state index in [4.69, 9.17) is 21.5 Å². The summed E-state index contributed by atoms with van der Waals surface area (Å²) in [5.41, 5.74) is 0.296. The van der Waals surface area contributed by atoms with E-state index < -0.39 is 21.7 Å². The summed E-state index contributed by atoms with van der Waals surface area (Å²) in [6, 6.07) is 7.43. The molecule has 23 heavy (non-hydrogen) atoms. The van der Waals surface area contributed by atoms with E-state index in [0.29, 0.717) is 0 Å². The van der Waals surface area contributed by atoms with Crippen LogP contribution in [0, 0.1) is 5.82 Å². The number of halogens is 2. The van der Waals surface area contributed by atoms with Crippen molar-refractivity contribution >= 4 is 33.2 Å². The molecule has 0 spiro atoms. The second kappa shape index (κ2) is 6.53. The molecule has 0 unspecified atom stereocenters. The number of primary sulfonamides is 1. The number of nitrogens with two attached hydrogens (primary N) is 1. The summed E-state index contributed by atoms with van der Waals surface area (Å²) in [4.78, 5) is 11.8. The maximum Gasteiger partial charge on any atom is 0.255 e. The molecule has 0 aromatic heterocycles. The Balaban J connectivity index is 2.34. The Bertz CT molecular complexity index is 871. The predicted octanol–water partition coefficient (Wildman–Crippen LogP) is 2.39. The fourth-order valence-electron chi connectivity index (χ4n) is 1.82. The molecular formula is C14H12ClFN2O4S. The predicted molar refractivity (Wildman–Crippen MR) is 83.7 cm³/mol. The van der Waals surface area contributed by atoms with Crippen molar-refractivity contribution in [3.8, 4) is 5.75 Å². The number of hydrogen-bond acceptors (Lipinski definition) is 4. The zero-order valence-electron chi connectivity index (χ0n) is 11.8. The quantitative estimate of drug-likeness (QED) is 0.876. The van der Waals surface area contributed by atoms with Gasteiger partial charge in [-0.1, -0.05) is 11.6 Å². The number of carbonyl (C=O) groups excluding carboxylic acids is 1. The Morgan fingerprint density at radius 1 is 1.26 bits per heavy atom. The summed E-state index contributed by atoms with van der Waals surface area (Å²) in [6.07, 6.45) is 0. The standard InChI is InChI=1S/C14H12ClFN2O4S/c1-22-12-5-2-8(6-13(12)23(17,20)21)14(19)18-9-3-4-11(16)10(15)7-9/h2-7H,1H3,(H,18,19)(H2,17,20,21). The summed E-state index contributed by atoms with van der Waals surface area (Å²) >= 11 is 5.63. The fourth-order valence-corrected chi connectivity index (χ4v) is 2.72. The molecule has 0 fully saturated rings. The maximum absolute atomic E-state index is 13.1. The largest absolute Gasteiger partial charge is 0.495 e. The van der Waals surface area contributed by atoms with Crippen molar-refractivity contribution in [2.45, 2.75) is 4.90 Å². The molecule has 1 amide bonds. The molecule has 9 heteroatoms. The van der Waals surface area contributed by atoms with E-state index in [2.05, 4.69) is 5.32 Å². The van der Waals surface area contributed by atoms with Crippen molar-refractivity contribution in [3.63, 3.8) is 0 Å². The molecule has 2 rings (SSSR count). The summed E-state index contributed by atoms with van der Waals surface area (Å²) in [6.45, 7) is 0. The van der Waals surface area contributed by atoms with Crippen LogP contribution in [0.25, 0.3) is 0 Å². The van der Waals surface area contributed by atoms with Crippen LogP contribution in [0.1, 0.15) is 10.4 Å². The van der Waals surface area contributed by atoms with E-state index in [9.17, 15) is 17.6 Å². The lowest BCUT2D eigenvalue weighted by molar-refractivity contribution is 0.102. The first-order chi connectivity index (χ1) is 10.7. The molecule has 0 bridgehead atoms. The number of methoxy groups -OCH3 is 1. The zero-order chi connectivity index (χ0) is 17.2. The molecule has 0 atom stereocenters. The molecule has 0 radical (unpaired) electrons. The van der Waals surface area contributed by atoms with Crippen molar-refractivity contribution in [2.75, 3.05) is 12.4 Å². The second-order valence-corrected chi connectivity index (χ2v) is 6.43. The minimum absolute atomic E-state index is 0.0221. The van der Waals surface area contributed by atoms with Crippen molar-refractivity contribution in [1.29, 1.82) is 0 Å². The van der Waals surface area contributed by atoms with Crippen molar-refractivity contribution in [3.05, 3.63) is 52.8 Å². The first kappa shape index (κ1) is 17.2. The first-order valence-corrected chi connectivity index (χ1v) is 8.12. The van der Waals surface area contributed by atoms with E-state index in [1.54, 1.807) is 0 Å². The highest BCUT2D eigenvalue weighted by atomic mass is 35.5. The Kier molecular flexibility index (Phi) is 4.88. The van der Waals surface area contributed by atoms with Gasteiger partial charge in [0.15, 0.2) is 0 Å². The third-order valence-electron chi connectivity index (χ3n) is 2.91. The van der Waals surface area contributed by atoms with Gasteiger partial charge in [0.25, 0.3) is 5.91 Å². The van der Waals surface area contributed by atoms with Gasteiger partial charge in [-0.15, -0.1) is 0 Å². The van der Waals surface area contributed by atoms with Gasteiger partial charge in [0.2, 0.25) is 10.0 Å². The number of hydrogen-bond donors (Lipinski definition) is 2. The lowest BCUT2D eigenvalue weighted by Gasteiger charge is -2.10. The van der Waals surface area contributed by atoms with Crippen LogP contribution < -0.4 is 15.2 Å². The van der Waals surface area contributed by atoms with Gasteiger partial charge in [-0.2, -0.15) is 0 Å². The Hall–Kier alpha value is -2.16. The number of sulfonamides is 1. The molecule has 2 aromatic rings. The van der Waals surface area contributed by atoms with E-state index in [1.807, 2.05) is 0 Å². The minimum Gasteiger partial charge on any atom is -0.495 e. The van der Waals surface area contributed by atoms with Crippen LogP contribution in [0.15, 0.2) is 41.3 Å². The zero-order valence-corrected chi connectivity index (χ0v) is 13.4. The molecule has 0 aliphatic rings. The normalized spacial score (nSPS) is 11.1. The van der Waals surface area contributed by atoms with Crippen LogP contribution in [-0.2, 0) is 10.0 Å². The smallest absolute Gasteiger partial charge is 0.255 e. The van der Waals surface area contributed by atoms with Gasteiger partial charge in [0.1, 0.15) is 16.5 Å². The molecular weight excluding hydrogens is 347 g/mol. The average Bonchev–Trinajstić information content (AvgIpc) is 2.49. The van der Waals surface area contributed by atoms with Gasteiger partial charge in [-0.3, -0.25) is 4.79 Å². The number of rotatable bonds is 4. The van der Waals surface area contributed by atoms with E-state index in [1.165, 1.54) is 31.4 Å². The molecule has 122 valence electrons. The number of carbonyl (C=O) groups is 1. The monoisotopic (exact) mass is 358 g/mol. The highest BCUT2D eigenvalue weighted by Gasteiger charge is 2.18. The van der Waals surface area contributed by atoms with Crippen molar-refractivity contribution in [1.82, 2.24) is 0 Å². The van der Waals surface area contributed by atoms with Gasteiger partial charge >= 0.3 is 0 Å². The minimum atomic E-state index is -4.06. The lowest BCUT2D eigenvalue weighted by Crippen LogP contribution is -2.16. The highest BCUT2D eigenvalue weighted by molar-refractivity contribution is 7.89. The molecule has 3 N–H and O–H groups in total. The average molecular weight is 359 g/mol. The van der Waals surface area contributed by atoms with E-state index in [0.717, 1.165) is 12.1 Å². The molecule has 0 saturated heterocycles. The van der Waals surface area contributed by atoms with Crippen LogP contribution in [0.2, 0.25) is 5.02 Å². The third kappa shape index (κ3) is 3.98. The number of anilines is 1. The summed E-state index contributed by atoms with van der Waals surface area (Å²) < 4.78 is 41.1. The van der Waals surface area contributed by atoms with Gasteiger partial charge in [-0.05, 0) is 36.4 Å². The highest BCUT2D eigenvalue weighted by Crippen LogP contribution is 2.25. The first-order valence-electron chi connectivity index (χ1n) is 6.19. The summed E-state index contributed by atoms with van der Waals surface area (Å²) in [5, 5.41) is 7.42. The number of amides is 1. The Labute approximate surface area is 137 Å². The van der Waals surface area contributed by atoms with Crippen LogP contribution in [0.5, 0.6) is 5.75 Å². The van der Waals surface area contributed by atoms with Crippen LogP contribution in [0.4, 0.5) is 10.1 Å². The second-order valence-electron chi connectivity index (χ2n) is 4.49. The molecule has 6 nitrogen and oxygen atoms in total. The fraction of sp³-hybridized carbons (Fsp3) is 0.0714. The van der Waals surface area contributed by atoms with Gasteiger partial charge < -0.3 is 10.1 Å². The van der Waals surface area contributed by atoms with Gasteiger partial charge in [0.05, 0.1) is 12.1 Å². The lowest BCUT2D eigenvalue weighted by atomic mass is 10.2. The van der Waals surface area contributed by atoms with Gasteiger partial charge in [0, 0.05) is 11.3 Å². The molecule has 2 aromatic carbocycles. The molecule has 0 aliphatic carbocycles. The summed E-state index contributed by atoms with van der Waals surface area (Å²) in [7, 11) is -2.78. The maximum atomic E-state index is 13.1. The molecule has 0 heterocycles. The topological polar surface area (TPSA) is 98.5 Å². The summed E-state index contributed by atoms with van der Waals surface area (Å²) in [5.74, 6) is -1.21. The molecule has 0 aliphatic heterocycles. The Morgan fingerprint density at radius 3 is 2.52 bits per heavy atom. The van der Waals surface area contributed by atoms with E-state index in [-0.39, 0.29) is 26.9 Å². The van der Waals surface area contributed by atoms with Crippen LogP contribution in [-0.4, -0.2) is 21.4 Å². The SMILES string of the molecule is COc1ccc(C(=O)Nc2ccc(F)c(Cl)c2)cc1S(N)(=O)=O. The van der Waals surface area contributed by atoms with E-state index >= 15 is 0 Å².